The van der Waals surface area contributed by atoms with Crippen molar-refractivity contribution in [1.82, 2.24) is 4.98 Å². The molecule has 13 nitrogen and oxygen atoms in total. The number of phosphoric acid groups is 2. The van der Waals surface area contributed by atoms with Crippen molar-refractivity contribution >= 4 is 29.2 Å². The van der Waals surface area contributed by atoms with Crippen LogP contribution in [-0.2, 0) is 28.5 Å². The molecule has 0 aliphatic carbocycles. The molecule has 0 fully saturated rings. The number of carbonyl (C=O) groups is 1. The van der Waals surface area contributed by atoms with Crippen molar-refractivity contribution in [2.75, 3.05) is 0 Å². The van der Waals surface area contributed by atoms with Crippen LogP contribution in [-0.4, -0.2) is 40.7 Å². The van der Waals surface area contributed by atoms with Gasteiger partial charge in [-0.25, -0.2) is 18.2 Å². The molecule has 0 saturated carbocycles. The molecule has 0 radical (unpaired) electrons. The first-order chi connectivity index (χ1) is 10.6. The molecule has 0 amide bonds. The van der Waals surface area contributed by atoms with E-state index in [1.165, 1.54) is 6.92 Å². The van der Waals surface area contributed by atoms with Crippen LogP contribution in [0.4, 0.5) is 0 Å². The molecule has 24 heavy (non-hydrogen) atoms. The van der Waals surface area contributed by atoms with E-state index in [0.29, 0.717) is 0 Å². The Morgan fingerprint density at radius 3 is 2.17 bits per heavy atom. The van der Waals surface area contributed by atoms with Crippen LogP contribution in [0.25, 0.3) is 0 Å². The summed E-state index contributed by atoms with van der Waals surface area (Å²) in [4.78, 5) is 50.1. The highest BCUT2D eigenvalue weighted by atomic mass is 31.3. The van der Waals surface area contributed by atoms with E-state index in [1.807, 2.05) is 0 Å². The molecule has 1 aromatic heterocycles. The average Bonchev–Trinajstić information content (AvgIpc) is 2.28. The van der Waals surface area contributed by atoms with Gasteiger partial charge in [-0.3, -0.25) is 9.55 Å². The summed E-state index contributed by atoms with van der Waals surface area (Å²) >= 11 is 0. The second kappa shape index (κ2) is 7.01. The van der Waals surface area contributed by atoms with Crippen LogP contribution >= 0.6 is 23.2 Å². The van der Waals surface area contributed by atoms with Gasteiger partial charge in [-0.05, 0) is 6.92 Å². The number of aryl methyl sites for hydroxylation is 1. The number of aromatic carboxylic acids is 1. The Balaban J connectivity index is 3.15. The zero-order valence-electron chi connectivity index (χ0n) is 11.7. The van der Waals surface area contributed by atoms with Crippen molar-refractivity contribution in [2.45, 2.75) is 13.1 Å². The molecule has 0 aliphatic heterocycles. The van der Waals surface area contributed by atoms with Crippen LogP contribution < -0.4 is 0 Å². The Hall–Kier alpha value is -1.13. The van der Waals surface area contributed by atoms with Gasteiger partial charge in [-0.2, -0.15) is 4.31 Å². The summed E-state index contributed by atoms with van der Waals surface area (Å²) in [5.41, 5.74) is -1.40. The molecule has 136 valence electrons. The van der Waals surface area contributed by atoms with Crippen molar-refractivity contribution < 1.29 is 56.9 Å². The molecular weight excluding hydrogens is 395 g/mol. The minimum absolute atomic E-state index is 0.0949. The highest BCUT2D eigenvalue weighted by molar-refractivity contribution is 7.67. The van der Waals surface area contributed by atoms with E-state index in [0.717, 1.165) is 6.20 Å². The average molecular weight is 407 g/mol. The summed E-state index contributed by atoms with van der Waals surface area (Å²) < 4.78 is 40.8. The molecule has 0 spiro atoms. The molecule has 0 aliphatic rings. The maximum atomic E-state index is 11.8. The molecule has 1 rings (SSSR count). The van der Waals surface area contributed by atoms with Gasteiger partial charge in [0.05, 0.1) is 11.9 Å². The number of aromatic nitrogens is 1. The second-order valence-electron chi connectivity index (χ2n) is 4.32. The van der Waals surface area contributed by atoms with Gasteiger partial charge in [0.2, 0.25) is 0 Å². The first-order valence-corrected chi connectivity index (χ1v) is 10.5. The predicted octanol–water partition coefficient (Wildman–Crippen LogP) is 0.706. The quantitative estimate of drug-likeness (QED) is 0.343. The molecule has 2 unspecified atom stereocenters. The summed E-state index contributed by atoms with van der Waals surface area (Å²) in [6.45, 7) is 1.26. The van der Waals surface area contributed by atoms with E-state index in [4.69, 9.17) is 19.8 Å². The number of pyridine rings is 1. The Labute approximate surface area is 133 Å². The first kappa shape index (κ1) is 20.9. The van der Waals surface area contributed by atoms with Crippen LogP contribution in [0, 0.1) is 6.92 Å². The number of hydrogen-bond donors (Lipinski definition) is 6. The molecular formula is C8H12NO12P3. The third-order valence-electron chi connectivity index (χ3n) is 2.34. The van der Waals surface area contributed by atoms with Crippen molar-refractivity contribution in [3.8, 4) is 5.75 Å². The number of aromatic hydroxyl groups is 1. The molecule has 0 bridgehead atoms. The normalized spacial score (nSPS) is 17.0. The van der Waals surface area contributed by atoms with E-state index in [9.17, 15) is 28.5 Å². The second-order valence-corrected chi connectivity index (χ2v) is 9.13. The third kappa shape index (κ3) is 6.06. The molecule has 0 saturated heterocycles. The van der Waals surface area contributed by atoms with E-state index < -0.39 is 52.2 Å². The van der Waals surface area contributed by atoms with Crippen molar-refractivity contribution in [3.63, 3.8) is 0 Å². The summed E-state index contributed by atoms with van der Waals surface area (Å²) in [7, 11) is -16.3. The zero-order chi connectivity index (χ0) is 18.9. The van der Waals surface area contributed by atoms with Crippen LogP contribution in [0.1, 0.15) is 21.6 Å². The van der Waals surface area contributed by atoms with Crippen LogP contribution in [0.3, 0.4) is 0 Å². The number of nitrogens with zero attached hydrogens (tertiary/aromatic N) is 1. The van der Waals surface area contributed by atoms with E-state index in [1.54, 1.807) is 0 Å². The molecule has 1 aromatic rings. The summed E-state index contributed by atoms with van der Waals surface area (Å²) in [6.07, 6.45) is -0.387. The number of carboxylic acid groups (broad SMARTS) is 1. The topological polar surface area (TPSA) is 221 Å². The van der Waals surface area contributed by atoms with Crippen molar-refractivity contribution in [3.05, 3.63) is 23.0 Å². The standard InChI is InChI=1S/C8H12NO12P3/c1-4-7(10)6(8(11)12)5(2-9-4)3-22(13,14)20-24(18,19)21-23(15,16)17/h2,10H,3H2,1H3,(H,11,12)(H,13,14)(H,18,19)(H2,15,16,17). The van der Waals surface area contributed by atoms with Gasteiger partial charge in [-0.15, -0.1) is 0 Å². The van der Waals surface area contributed by atoms with E-state index >= 15 is 0 Å². The largest absolute Gasteiger partial charge is 0.505 e. The Bertz CT molecular complexity index is 800. The SMILES string of the molecule is Cc1ncc(CP(=O)(O)OP(=O)(O)OP(=O)(O)O)c(C(=O)O)c1O. The van der Waals surface area contributed by atoms with E-state index in [2.05, 4.69) is 13.6 Å². The molecule has 1 heterocycles. The molecule has 2 atom stereocenters. The van der Waals surface area contributed by atoms with Crippen molar-refractivity contribution in [2.24, 2.45) is 0 Å². The van der Waals surface area contributed by atoms with Gasteiger partial charge in [0, 0.05) is 11.8 Å². The summed E-state index contributed by atoms with van der Waals surface area (Å²) in [6, 6.07) is 0. The minimum atomic E-state index is -5.64. The fourth-order valence-corrected chi connectivity index (χ4v) is 5.20. The molecule has 16 heteroatoms. The Kier molecular flexibility index (Phi) is 6.11. The fourth-order valence-electron chi connectivity index (χ4n) is 1.55. The lowest BCUT2D eigenvalue weighted by Crippen LogP contribution is -2.06. The lowest BCUT2D eigenvalue weighted by Gasteiger charge is -2.17. The number of rotatable bonds is 7. The van der Waals surface area contributed by atoms with Gasteiger partial charge >= 0.3 is 29.2 Å². The number of carboxylic acids is 1. The maximum Gasteiger partial charge on any atom is 0.488 e. The first-order valence-electron chi connectivity index (χ1n) is 5.67. The maximum absolute atomic E-state index is 11.8. The summed E-state index contributed by atoms with van der Waals surface area (Å²) in [5, 5.41) is 18.7. The monoisotopic (exact) mass is 407 g/mol. The lowest BCUT2D eigenvalue weighted by atomic mass is 10.1. The third-order valence-corrected chi connectivity index (χ3v) is 6.60. The highest BCUT2D eigenvalue weighted by Crippen LogP contribution is 2.66. The van der Waals surface area contributed by atoms with Gasteiger partial charge in [0.25, 0.3) is 0 Å². The van der Waals surface area contributed by atoms with Gasteiger partial charge < -0.3 is 29.8 Å². The number of hydrogen-bond acceptors (Lipinski definition) is 8. The zero-order valence-corrected chi connectivity index (χ0v) is 14.4. The van der Waals surface area contributed by atoms with Crippen LogP contribution in [0.5, 0.6) is 5.75 Å². The van der Waals surface area contributed by atoms with Crippen molar-refractivity contribution in [1.29, 1.82) is 0 Å². The Morgan fingerprint density at radius 1 is 1.17 bits per heavy atom. The van der Waals surface area contributed by atoms with Gasteiger partial charge in [0.15, 0.2) is 5.75 Å². The van der Waals surface area contributed by atoms with Crippen LogP contribution in [0.15, 0.2) is 6.20 Å². The minimum Gasteiger partial charge on any atom is -0.505 e. The smallest absolute Gasteiger partial charge is 0.488 e. The highest BCUT2D eigenvalue weighted by Gasteiger charge is 2.40. The molecule has 0 aromatic carbocycles. The summed E-state index contributed by atoms with van der Waals surface area (Å²) in [5.74, 6) is -2.47. The molecule has 6 N–H and O–H groups in total. The van der Waals surface area contributed by atoms with Gasteiger partial charge in [-0.1, -0.05) is 0 Å². The lowest BCUT2D eigenvalue weighted by molar-refractivity contribution is 0.0692. The van der Waals surface area contributed by atoms with E-state index in [-0.39, 0.29) is 5.69 Å². The Morgan fingerprint density at radius 2 is 1.71 bits per heavy atom. The fraction of sp³-hybridized carbons (Fsp3) is 0.250. The van der Waals surface area contributed by atoms with Crippen LogP contribution in [0.2, 0.25) is 0 Å². The van der Waals surface area contributed by atoms with Gasteiger partial charge in [0.1, 0.15) is 5.56 Å². The predicted molar refractivity (Wildman–Crippen MR) is 75.2 cm³/mol.